The number of fused-ring (bicyclic) bond motifs is 2. The highest BCUT2D eigenvalue weighted by Gasteiger charge is 2.55. The van der Waals surface area contributed by atoms with Crippen molar-refractivity contribution in [1.82, 2.24) is 10.2 Å². The number of hydrogen-bond acceptors (Lipinski definition) is 4. The highest BCUT2D eigenvalue weighted by atomic mass is 19.4. The lowest BCUT2D eigenvalue weighted by molar-refractivity contribution is -0.137. The van der Waals surface area contributed by atoms with E-state index < -0.39 is 41.7 Å². The average molecular weight is 472 g/mol. The van der Waals surface area contributed by atoms with Crippen LogP contribution >= 0.6 is 0 Å². The van der Waals surface area contributed by atoms with E-state index in [0.29, 0.717) is 37.2 Å². The Hall–Kier alpha value is -3.56. The summed E-state index contributed by atoms with van der Waals surface area (Å²) in [4.78, 5) is 41.5. The van der Waals surface area contributed by atoms with Gasteiger partial charge < -0.3 is 15.5 Å². The number of nitrogens with zero attached hydrogens (tertiary/aromatic N) is 2. The third kappa shape index (κ3) is 3.66. The molecule has 2 heterocycles. The first kappa shape index (κ1) is 22.2. The minimum Gasteiger partial charge on any atom is -0.370 e. The van der Waals surface area contributed by atoms with E-state index in [0.717, 1.165) is 35.4 Å². The van der Waals surface area contributed by atoms with Gasteiger partial charge in [-0.2, -0.15) is 13.2 Å². The molecule has 7 nitrogen and oxygen atoms in total. The van der Waals surface area contributed by atoms with Crippen LogP contribution in [0.2, 0.25) is 0 Å². The van der Waals surface area contributed by atoms with E-state index in [1.165, 1.54) is 6.07 Å². The topological polar surface area (TPSA) is 81.8 Å². The molecule has 2 aromatic carbocycles. The average Bonchev–Trinajstić information content (AvgIpc) is 3.50. The zero-order valence-corrected chi connectivity index (χ0v) is 18.2. The normalized spacial score (nSPS) is 21.9. The molecule has 4 amide bonds. The minimum atomic E-state index is -4.57. The lowest BCUT2D eigenvalue weighted by Crippen LogP contribution is -2.43. The van der Waals surface area contributed by atoms with E-state index in [1.807, 2.05) is 17.0 Å². The number of halogens is 3. The molecule has 2 aliphatic heterocycles. The fraction of sp³-hybridized carbons (Fsp3) is 0.375. The van der Waals surface area contributed by atoms with Crippen molar-refractivity contribution in [2.24, 2.45) is 0 Å². The Morgan fingerprint density at radius 1 is 1.09 bits per heavy atom. The third-order valence-corrected chi connectivity index (χ3v) is 6.77. The molecule has 10 heteroatoms. The van der Waals surface area contributed by atoms with Crippen molar-refractivity contribution < 1.29 is 27.6 Å². The van der Waals surface area contributed by atoms with Gasteiger partial charge in [0.05, 0.1) is 16.9 Å². The molecule has 5 rings (SSSR count). The number of urea groups is 1. The fourth-order valence-corrected chi connectivity index (χ4v) is 5.11. The molecule has 1 aliphatic carbocycles. The SMILES string of the molecule is O=C(CN1C(=O)N[C@]2(CCc3ccccc32)C1=O)Nc1cc(C(F)(F)F)ccc1N1CCCC1. The molecule has 0 unspecified atom stereocenters. The summed E-state index contributed by atoms with van der Waals surface area (Å²) in [7, 11) is 0. The number of aryl methyl sites for hydroxylation is 1. The molecule has 1 atom stereocenters. The molecule has 2 N–H and O–H groups in total. The minimum absolute atomic E-state index is 0.00899. The molecule has 2 saturated heterocycles. The number of nitrogens with one attached hydrogen (secondary N) is 2. The summed E-state index contributed by atoms with van der Waals surface area (Å²) in [5, 5.41) is 5.25. The van der Waals surface area contributed by atoms with Gasteiger partial charge in [-0.3, -0.25) is 14.5 Å². The van der Waals surface area contributed by atoms with Crippen LogP contribution in [0.15, 0.2) is 42.5 Å². The summed E-state index contributed by atoms with van der Waals surface area (Å²) in [6.07, 6.45) is -1.76. The molecule has 0 bridgehead atoms. The Morgan fingerprint density at radius 3 is 2.56 bits per heavy atom. The summed E-state index contributed by atoms with van der Waals surface area (Å²) < 4.78 is 39.9. The number of alkyl halides is 3. The number of imide groups is 1. The lowest BCUT2D eigenvalue weighted by atomic mass is 9.92. The first-order valence-corrected chi connectivity index (χ1v) is 11.2. The summed E-state index contributed by atoms with van der Waals surface area (Å²) in [5.41, 5.74) is 0.0755. The summed E-state index contributed by atoms with van der Waals surface area (Å²) in [5.74, 6) is -1.27. The largest absolute Gasteiger partial charge is 0.416 e. The third-order valence-electron chi connectivity index (χ3n) is 6.77. The van der Waals surface area contributed by atoms with E-state index in [9.17, 15) is 27.6 Å². The molecule has 1 spiro atoms. The maximum Gasteiger partial charge on any atom is 0.416 e. The van der Waals surface area contributed by atoms with Crippen molar-refractivity contribution in [1.29, 1.82) is 0 Å². The Kier molecular flexibility index (Phi) is 5.26. The van der Waals surface area contributed by atoms with Gasteiger partial charge in [0, 0.05) is 13.1 Å². The predicted octanol–water partition coefficient (Wildman–Crippen LogP) is 3.64. The van der Waals surface area contributed by atoms with Crippen LogP contribution in [-0.2, 0) is 27.7 Å². The van der Waals surface area contributed by atoms with E-state index in [4.69, 9.17) is 0 Å². The molecule has 0 saturated carbocycles. The van der Waals surface area contributed by atoms with Crippen molar-refractivity contribution in [3.05, 3.63) is 59.2 Å². The smallest absolute Gasteiger partial charge is 0.370 e. The molecule has 0 aromatic heterocycles. The number of carbonyl (C=O) groups excluding carboxylic acids is 3. The zero-order valence-electron chi connectivity index (χ0n) is 18.2. The van der Waals surface area contributed by atoms with Gasteiger partial charge in [0.25, 0.3) is 5.91 Å². The Morgan fingerprint density at radius 2 is 1.82 bits per heavy atom. The van der Waals surface area contributed by atoms with Crippen molar-refractivity contribution in [3.63, 3.8) is 0 Å². The van der Waals surface area contributed by atoms with Gasteiger partial charge in [0.1, 0.15) is 12.1 Å². The van der Waals surface area contributed by atoms with Crippen molar-refractivity contribution in [2.45, 2.75) is 37.4 Å². The molecular weight excluding hydrogens is 449 g/mol. The summed E-state index contributed by atoms with van der Waals surface area (Å²) in [6.45, 7) is 0.747. The van der Waals surface area contributed by atoms with Gasteiger partial charge in [-0.25, -0.2) is 4.79 Å². The van der Waals surface area contributed by atoms with Gasteiger partial charge in [0.15, 0.2) is 0 Å². The molecular formula is C24H23F3N4O3. The second-order valence-electron chi connectivity index (χ2n) is 8.86. The lowest BCUT2D eigenvalue weighted by Gasteiger charge is -2.24. The van der Waals surface area contributed by atoms with E-state index in [1.54, 1.807) is 12.1 Å². The van der Waals surface area contributed by atoms with Crippen LogP contribution < -0.4 is 15.5 Å². The van der Waals surface area contributed by atoms with Crippen LogP contribution in [0.25, 0.3) is 0 Å². The number of anilines is 2. The maximum atomic E-state index is 13.3. The zero-order chi connectivity index (χ0) is 24.1. The first-order valence-electron chi connectivity index (χ1n) is 11.2. The molecule has 2 fully saturated rings. The summed E-state index contributed by atoms with van der Waals surface area (Å²) >= 11 is 0. The Bertz CT molecular complexity index is 1180. The monoisotopic (exact) mass is 472 g/mol. The summed E-state index contributed by atoms with van der Waals surface area (Å²) in [6, 6.07) is 9.86. The first-order chi connectivity index (χ1) is 16.2. The standard InChI is InChI=1S/C24H23F3N4O3/c25-24(26,27)16-7-8-19(30-11-3-4-12-30)18(13-16)28-20(32)14-31-21(33)23(29-22(31)34)10-9-15-5-1-2-6-17(15)23/h1-2,5-8,13H,3-4,9-12,14H2,(H,28,32)(H,29,34)/t23-/m0/s1. The molecule has 3 aliphatic rings. The van der Waals surface area contributed by atoms with Crippen LogP contribution in [0.1, 0.15) is 36.0 Å². The Labute approximate surface area is 193 Å². The van der Waals surface area contributed by atoms with Gasteiger partial charge >= 0.3 is 12.2 Å². The van der Waals surface area contributed by atoms with Gasteiger partial charge in [-0.1, -0.05) is 24.3 Å². The second-order valence-corrected chi connectivity index (χ2v) is 8.86. The van der Waals surface area contributed by atoms with Crippen LogP contribution in [0.4, 0.5) is 29.3 Å². The van der Waals surface area contributed by atoms with Gasteiger partial charge in [-0.15, -0.1) is 0 Å². The number of hydrogen-bond donors (Lipinski definition) is 2. The van der Waals surface area contributed by atoms with Crippen LogP contribution in [0.5, 0.6) is 0 Å². The van der Waals surface area contributed by atoms with E-state index in [-0.39, 0.29) is 5.69 Å². The van der Waals surface area contributed by atoms with Crippen LogP contribution in [0.3, 0.4) is 0 Å². The molecule has 2 aromatic rings. The molecule has 0 radical (unpaired) electrons. The molecule has 178 valence electrons. The van der Waals surface area contributed by atoms with Crippen molar-refractivity contribution in [2.75, 3.05) is 29.9 Å². The quantitative estimate of drug-likeness (QED) is 0.666. The number of rotatable bonds is 4. The van der Waals surface area contributed by atoms with Gasteiger partial charge in [-0.05, 0) is 55.0 Å². The van der Waals surface area contributed by atoms with Crippen molar-refractivity contribution >= 4 is 29.2 Å². The highest BCUT2D eigenvalue weighted by molar-refractivity contribution is 6.11. The highest BCUT2D eigenvalue weighted by Crippen LogP contribution is 2.41. The Balaban J connectivity index is 1.37. The number of benzene rings is 2. The second kappa shape index (κ2) is 8.03. The van der Waals surface area contributed by atoms with E-state index in [2.05, 4.69) is 10.6 Å². The fourth-order valence-electron chi connectivity index (χ4n) is 5.11. The van der Waals surface area contributed by atoms with Crippen LogP contribution in [-0.4, -0.2) is 42.4 Å². The van der Waals surface area contributed by atoms with Crippen molar-refractivity contribution in [3.8, 4) is 0 Å². The van der Waals surface area contributed by atoms with E-state index >= 15 is 0 Å². The maximum absolute atomic E-state index is 13.3. The predicted molar refractivity (Wildman–Crippen MR) is 118 cm³/mol. The van der Waals surface area contributed by atoms with Crippen LogP contribution in [0, 0.1) is 0 Å². The number of amides is 4. The number of carbonyl (C=O) groups is 3. The van der Waals surface area contributed by atoms with Gasteiger partial charge in [0.2, 0.25) is 5.91 Å². The molecule has 34 heavy (non-hydrogen) atoms.